The second kappa shape index (κ2) is 3.81. The van der Waals surface area contributed by atoms with Crippen LogP contribution in [0.4, 0.5) is 14.5 Å². The largest absolute Gasteiger partial charge is 0.586 e. The second-order valence-corrected chi connectivity index (χ2v) is 4.10. The van der Waals surface area contributed by atoms with E-state index < -0.39 is 6.29 Å². The first-order valence-corrected chi connectivity index (χ1v) is 5.10. The molecule has 0 atom stereocenters. The number of hydrogen-bond acceptors (Lipinski definition) is 3. The van der Waals surface area contributed by atoms with E-state index in [9.17, 15) is 8.78 Å². The maximum atomic E-state index is 12.7. The van der Waals surface area contributed by atoms with Crippen molar-refractivity contribution < 1.29 is 18.3 Å². The molecule has 1 aromatic rings. The Morgan fingerprint density at radius 3 is 2.62 bits per heavy atom. The fourth-order valence-electron chi connectivity index (χ4n) is 1.38. The summed E-state index contributed by atoms with van der Waals surface area (Å²) in [6.07, 6.45) is -3.54. The Bertz CT molecular complexity index is 394. The molecule has 1 aliphatic heterocycles. The summed E-state index contributed by atoms with van der Waals surface area (Å²) in [5.41, 5.74) is 0.744. The average molecular weight is 229 g/mol. The molecule has 5 heteroatoms. The van der Waals surface area contributed by atoms with Crippen LogP contribution in [0.15, 0.2) is 18.2 Å². The van der Waals surface area contributed by atoms with Crippen molar-refractivity contribution in [2.24, 2.45) is 5.92 Å². The van der Waals surface area contributed by atoms with Crippen LogP contribution in [-0.4, -0.2) is 12.8 Å². The summed E-state index contributed by atoms with van der Waals surface area (Å²) < 4.78 is 34.1. The minimum absolute atomic E-state index is 0.0683. The zero-order valence-corrected chi connectivity index (χ0v) is 9.09. The quantitative estimate of drug-likeness (QED) is 0.864. The van der Waals surface area contributed by atoms with Crippen molar-refractivity contribution >= 4 is 5.69 Å². The van der Waals surface area contributed by atoms with E-state index in [4.69, 9.17) is 0 Å². The highest BCUT2D eigenvalue weighted by Crippen LogP contribution is 2.42. The molecule has 2 rings (SSSR count). The topological polar surface area (TPSA) is 30.5 Å². The van der Waals surface area contributed by atoms with Gasteiger partial charge in [0.05, 0.1) is 0 Å². The minimum atomic E-state index is -3.54. The van der Waals surface area contributed by atoms with Crippen LogP contribution in [0.1, 0.15) is 13.8 Å². The monoisotopic (exact) mass is 229 g/mol. The van der Waals surface area contributed by atoms with Crippen molar-refractivity contribution in [1.82, 2.24) is 0 Å². The lowest BCUT2D eigenvalue weighted by Gasteiger charge is -2.08. The lowest BCUT2D eigenvalue weighted by molar-refractivity contribution is -0.286. The predicted molar refractivity (Wildman–Crippen MR) is 56.0 cm³/mol. The molecule has 0 saturated carbocycles. The molecule has 1 aliphatic rings. The van der Waals surface area contributed by atoms with Gasteiger partial charge in [0.15, 0.2) is 11.5 Å². The van der Waals surface area contributed by atoms with Gasteiger partial charge in [-0.2, -0.15) is 0 Å². The lowest BCUT2D eigenvalue weighted by Crippen LogP contribution is -2.25. The molecule has 1 aromatic carbocycles. The van der Waals surface area contributed by atoms with Gasteiger partial charge in [0.25, 0.3) is 0 Å². The SMILES string of the molecule is CC(C)CNc1ccc2c(c1)OC(F)(F)O2. The Balaban J connectivity index is 2.10. The van der Waals surface area contributed by atoms with E-state index in [1.165, 1.54) is 12.1 Å². The fraction of sp³-hybridized carbons (Fsp3) is 0.455. The lowest BCUT2D eigenvalue weighted by atomic mass is 10.2. The number of rotatable bonds is 3. The van der Waals surface area contributed by atoms with Crippen LogP contribution in [0.3, 0.4) is 0 Å². The normalized spacial score (nSPS) is 16.6. The highest BCUT2D eigenvalue weighted by Gasteiger charge is 2.43. The van der Waals surface area contributed by atoms with Crippen LogP contribution < -0.4 is 14.8 Å². The fourth-order valence-corrected chi connectivity index (χ4v) is 1.38. The van der Waals surface area contributed by atoms with Gasteiger partial charge in [0.1, 0.15) is 0 Å². The second-order valence-electron chi connectivity index (χ2n) is 4.10. The van der Waals surface area contributed by atoms with Crippen molar-refractivity contribution in [2.75, 3.05) is 11.9 Å². The molecule has 0 radical (unpaired) electrons. The van der Waals surface area contributed by atoms with Crippen molar-refractivity contribution in [3.05, 3.63) is 18.2 Å². The summed E-state index contributed by atoms with van der Waals surface area (Å²) in [6.45, 7) is 4.90. The Kier molecular flexibility index (Phi) is 2.61. The summed E-state index contributed by atoms with van der Waals surface area (Å²) in [6, 6.07) is 4.67. The number of nitrogens with one attached hydrogen (secondary N) is 1. The summed E-state index contributed by atoms with van der Waals surface area (Å²) >= 11 is 0. The maximum absolute atomic E-state index is 12.7. The summed E-state index contributed by atoms with van der Waals surface area (Å²) in [5, 5.41) is 3.12. The molecule has 88 valence electrons. The van der Waals surface area contributed by atoms with Gasteiger partial charge in [-0.3, -0.25) is 0 Å². The number of fused-ring (bicyclic) bond motifs is 1. The molecule has 0 bridgehead atoms. The van der Waals surface area contributed by atoms with Gasteiger partial charge >= 0.3 is 6.29 Å². The van der Waals surface area contributed by atoms with Crippen LogP contribution in [0.25, 0.3) is 0 Å². The molecule has 0 amide bonds. The molecule has 3 nitrogen and oxygen atoms in total. The molecule has 1 N–H and O–H groups in total. The van der Waals surface area contributed by atoms with Crippen molar-refractivity contribution in [3.63, 3.8) is 0 Å². The summed E-state index contributed by atoms with van der Waals surface area (Å²) in [5.74, 6) is 0.616. The Morgan fingerprint density at radius 1 is 1.25 bits per heavy atom. The highest BCUT2D eigenvalue weighted by atomic mass is 19.3. The van der Waals surface area contributed by atoms with E-state index in [2.05, 4.69) is 28.6 Å². The van der Waals surface area contributed by atoms with Crippen LogP contribution in [0.5, 0.6) is 11.5 Å². The molecule has 0 spiro atoms. The number of ether oxygens (including phenoxy) is 2. The van der Waals surface area contributed by atoms with Gasteiger partial charge < -0.3 is 14.8 Å². The number of benzene rings is 1. The Hall–Kier alpha value is -1.52. The zero-order valence-electron chi connectivity index (χ0n) is 9.09. The van der Waals surface area contributed by atoms with Gasteiger partial charge in [0.2, 0.25) is 0 Å². The number of alkyl halides is 2. The van der Waals surface area contributed by atoms with E-state index in [1.807, 2.05) is 0 Å². The predicted octanol–water partition coefficient (Wildman–Crippen LogP) is 3.08. The molecular weight excluding hydrogens is 216 g/mol. The van der Waals surface area contributed by atoms with Gasteiger partial charge in [0, 0.05) is 18.3 Å². The van der Waals surface area contributed by atoms with Crippen molar-refractivity contribution in [1.29, 1.82) is 0 Å². The minimum Gasteiger partial charge on any atom is -0.395 e. The van der Waals surface area contributed by atoms with Gasteiger partial charge in [-0.15, -0.1) is 8.78 Å². The average Bonchev–Trinajstić information content (AvgIpc) is 2.47. The van der Waals surface area contributed by atoms with Crippen LogP contribution >= 0.6 is 0 Å². The van der Waals surface area contributed by atoms with Crippen LogP contribution in [0.2, 0.25) is 0 Å². The van der Waals surface area contributed by atoms with E-state index in [0.29, 0.717) is 5.92 Å². The third-order valence-electron chi connectivity index (χ3n) is 2.12. The molecule has 0 aliphatic carbocycles. The van der Waals surface area contributed by atoms with Crippen molar-refractivity contribution in [2.45, 2.75) is 20.1 Å². The van der Waals surface area contributed by atoms with Gasteiger partial charge in [-0.25, -0.2) is 0 Å². The molecular formula is C11H13F2NO2. The molecule has 16 heavy (non-hydrogen) atoms. The van der Waals surface area contributed by atoms with E-state index >= 15 is 0 Å². The van der Waals surface area contributed by atoms with Crippen LogP contribution in [-0.2, 0) is 0 Å². The molecule has 0 aromatic heterocycles. The number of anilines is 1. The smallest absolute Gasteiger partial charge is 0.395 e. The standard InChI is InChI=1S/C11H13F2NO2/c1-7(2)6-14-8-3-4-9-10(5-8)16-11(12,13)15-9/h3-5,7,14H,6H2,1-2H3. The maximum Gasteiger partial charge on any atom is 0.586 e. The first kappa shape index (κ1) is 11.0. The Labute approximate surface area is 92.4 Å². The highest BCUT2D eigenvalue weighted by molar-refractivity contribution is 5.55. The zero-order chi connectivity index (χ0) is 11.8. The molecule has 1 heterocycles. The van der Waals surface area contributed by atoms with Crippen molar-refractivity contribution in [3.8, 4) is 11.5 Å². The van der Waals surface area contributed by atoms with Gasteiger partial charge in [-0.1, -0.05) is 13.8 Å². The molecule has 0 fully saturated rings. The van der Waals surface area contributed by atoms with Crippen LogP contribution in [0, 0.1) is 5.92 Å². The third kappa shape index (κ3) is 2.35. The Morgan fingerprint density at radius 2 is 1.94 bits per heavy atom. The van der Waals surface area contributed by atoms with E-state index in [1.54, 1.807) is 6.07 Å². The van der Waals surface area contributed by atoms with E-state index in [0.717, 1.165) is 12.2 Å². The number of halogens is 2. The summed E-state index contributed by atoms with van der Waals surface area (Å²) in [4.78, 5) is 0. The summed E-state index contributed by atoms with van der Waals surface area (Å²) in [7, 11) is 0. The van der Waals surface area contributed by atoms with Gasteiger partial charge in [-0.05, 0) is 18.1 Å². The first-order chi connectivity index (χ1) is 7.46. The first-order valence-electron chi connectivity index (χ1n) is 5.10. The molecule has 0 unspecified atom stereocenters. The third-order valence-corrected chi connectivity index (χ3v) is 2.12. The number of hydrogen-bond donors (Lipinski definition) is 1. The van der Waals surface area contributed by atoms with E-state index in [-0.39, 0.29) is 11.5 Å². The molecule has 0 saturated heterocycles.